The van der Waals surface area contributed by atoms with E-state index in [1.54, 1.807) is 29.8 Å². The van der Waals surface area contributed by atoms with E-state index in [1.165, 1.54) is 11.3 Å². The maximum Gasteiger partial charge on any atom is 0.264 e. The van der Waals surface area contributed by atoms with Crippen LogP contribution in [0.15, 0.2) is 72.2 Å². The molecule has 186 valence electrons. The minimum absolute atomic E-state index is 0.0988. The number of amides is 2. The first-order valence-electron chi connectivity index (χ1n) is 11.4. The Bertz CT molecular complexity index is 1330. The largest absolute Gasteiger partial charge is 0.497 e. The number of thiophene rings is 1. The zero-order valence-electron chi connectivity index (χ0n) is 20.6. The molecule has 9 heteroatoms. The SMILES string of the molecule is COc1ccc(-n2cc(-c3cccc(OC)c3)nc2NC(=O)CN(C(=O)c2cccs2)C(C)C)cc1. The van der Waals surface area contributed by atoms with E-state index in [4.69, 9.17) is 14.5 Å². The van der Waals surface area contributed by atoms with Crippen LogP contribution in [0, 0.1) is 0 Å². The van der Waals surface area contributed by atoms with Crippen LogP contribution in [0.4, 0.5) is 5.95 Å². The number of imidazole rings is 1. The molecule has 0 aliphatic heterocycles. The number of aromatic nitrogens is 2. The summed E-state index contributed by atoms with van der Waals surface area (Å²) in [5.74, 6) is 1.25. The predicted octanol–water partition coefficient (Wildman–Crippen LogP) is 5.11. The van der Waals surface area contributed by atoms with Crippen molar-refractivity contribution in [2.75, 3.05) is 26.1 Å². The van der Waals surface area contributed by atoms with Crippen molar-refractivity contribution in [3.8, 4) is 28.4 Å². The molecule has 4 rings (SSSR count). The van der Waals surface area contributed by atoms with Crippen LogP contribution in [-0.2, 0) is 4.79 Å². The molecule has 0 radical (unpaired) electrons. The van der Waals surface area contributed by atoms with E-state index in [2.05, 4.69) is 5.32 Å². The van der Waals surface area contributed by atoms with Gasteiger partial charge in [0.1, 0.15) is 18.0 Å². The van der Waals surface area contributed by atoms with Crippen molar-refractivity contribution in [2.45, 2.75) is 19.9 Å². The molecule has 0 bridgehead atoms. The molecule has 0 saturated carbocycles. The number of rotatable bonds is 9. The minimum atomic E-state index is -0.342. The Labute approximate surface area is 214 Å². The van der Waals surface area contributed by atoms with Gasteiger partial charge in [-0.1, -0.05) is 18.2 Å². The summed E-state index contributed by atoms with van der Waals surface area (Å²) in [6.45, 7) is 3.67. The van der Waals surface area contributed by atoms with Crippen LogP contribution in [-0.4, -0.2) is 53.1 Å². The van der Waals surface area contributed by atoms with E-state index in [1.807, 2.05) is 80.0 Å². The number of benzene rings is 2. The topological polar surface area (TPSA) is 85.7 Å². The highest BCUT2D eigenvalue weighted by atomic mass is 32.1. The Kier molecular flexibility index (Phi) is 7.70. The van der Waals surface area contributed by atoms with Crippen LogP contribution in [0.1, 0.15) is 23.5 Å². The van der Waals surface area contributed by atoms with Crippen molar-refractivity contribution >= 4 is 29.1 Å². The smallest absolute Gasteiger partial charge is 0.264 e. The van der Waals surface area contributed by atoms with Crippen LogP contribution in [0.25, 0.3) is 16.9 Å². The lowest BCUT2D eigenvalue weighted by molar-refractivity contribution is -0.117. The first-order valence-corrected chi connectivity index (χ1v) is 12.3. The maximum absolute atomic E-state index is 13.1. The fraction of sp³-hybridized carbons (Fsp3) is 0.222. The molecule has 1 N–H and O–H groups in total. The number of hydrogen-bond donors (Lipinski definition) is 1. The molecule has 2 aromatic heterocycles. The van der Waals surface area contributed by atoms with E-state index in [-0.39, 0.29) is 24.4 Å². The number of carbonyl (C=O) groups is 2. The van der Waals surface area contributed by atoms with E-state index < -0.39 is 0 Å². The summed E-state index contributed by atoms with van der Waals surface area (Å²) in [6.07, 6.45) is 1.85. The molecule has 4 aromatic rings. The van der Waals surface area contributed by atoms with E-state index in [9.17, 15) is 9.59 Å². The number of anilines is 1. The second-order valence-corrected chi connectivity index (χ2v) is 9.25. The number of carbonyl (C=O) groups excluding carboxylic acids is 2. The monoisotopic (exact) mass is 504 g/mol. The van der Waals surface area contributed by atoms with E-state index >= 15 is 0 Å². The summed E-state index contributed by atoms with van der Waals surface area (Å²) < 4.78 is 12.4. The number of ether oxygens (including phenoxy) is 2. The van der Waals surface area contributed by atoms with Crippen molar-refractivity contribution in [3.63, 3.8) is 0 Å². The summed E-state index contributed by atoms with van der Waals surface area (Å²) in [6, 6.07) is 18.4. The molecule has 0 fully saturated rings. The lowest BCUT2D eigenvalue weighted by Crippen LogP contribution is -2.42. The third-order valence-electron chi connectivity index (χ3n) is 5.60. The highest BCUT2D eigenvalue weighted by Gasteiger charge is 2.23. The number of methoxy groups -OCH3 is 2. The predicted molar refractivity (Wildman–Crippen MR) is 141 cm³/mol. The zero-order valence-corrected chi connectivity index (χ0v) is 21.4. The molecule has 0 spiro atoms. The molecular formula is C27H28N4O4S. The van der Waals surface area contributed by atoms with Crippen LogP contribution >= 0.6 is 11.3 Å². The van der Waals surface area contributed by atoms with Crippen LogP contribution < -0.4 is 14.8 Å². The highest BCUT2D eigenvalue weighted by molar-refractivity contribution is 7.12. The van der Waals surface area contributed by atoms with Gasteiger partial charge in [-0.05, 0) is 61.7 Å². The van der Waals surface area contributed by atoms with Gasteiger partial charge in [-0.15, -0.1) is 11.3 Å². The molecule has 8 nitrogen and oxygen atoms in total. The molecule has 2 aromatic carbocycles. The summed E-state index contributed by atoms with van der Waals surface area (Å²) in [5.41, 5.74) is 2.30. The molecule has 0 aliphatic carbocycles. The highest BCUT2D eigenvalue weighted by Crippen LogP contribution is 2.28. The fourth-order valence-corrected chi connectivity index (χ4v) is 4.36. The second-order valence-electron chi connectivity index (χ2n) is 8.30. The van der Waals surface area contributed by atoms with Crippen molar-refractivity contribution in [1.29, 1.82) is 0 Å². The van der Waals surface area contributed by atoms with E-state index in [0.717, 1.165) is 17.0 Å². The molecule has 2 amide bonds. The van der Waals surface area contributed by atoms with Crippen LogP contribution in [0.5, 0.6) is 11.5 Å². The number of nitrogens with one attached hydrogen (secondary N) is 1. The molecule has 0 aliphatic rings. The quantitative estimate of drug-likeness (QED) is 0.343. The Morgan fingerprint density at radius 1 is 1.03 bits per heavy atom. The van der Waals surface area contributed by atoms with Gasteiger partial charge < -0.3 is 14.4 Å². The van der Waals surface area contributed by atoms with Gasteiger partial charge >= 0.3 is 0 Å². The number of nitrogens with zero attached hydrogens (tertiary/aromatic N) is 3. The standard InChI is InChI=1S/C27H28N4O4S/c1-18(2)30(26(33)24-9-6-14-36-24)17-25(32)29-27-28-23(19-7-5-8-22(15-19)35-4)16-31(27)20-10-12-21(34-3)13-11-20/h5-16,18H,17H2,1-4H3,(H,28,29,32). The molecule has 0 saturated heterocycles. The van der Waals surface area contributed by atoms with Crippen molar-refractivity contribution < 1.29 is 19.1 Å². The normalized spacial score (nSPS) is 10.8. The molecule has 0 atom stereocenters. The Hall–Kier alpha value is -4.11. The maximum atomic E-state index is 13.1. The summed E-state index contributed by atoms with van der Waals surface area (Å²) >= 11 is 1.35. The third kappa shape index (κ3) is 5.58. The lowest BCUT2D eigenvalue weighted by atomic mass is 10.1. The molecular weight excluding hydrogens is 476 g/mol. The van der Waals surface area contributed by atoms with Gasteiger partial charge in [0.25, 0.3) is 5.91 Å². The summed E-state index contributed by atoms with van der Waals surface area (Å²) in [7, 11) is 3.22. The Balaban J connectivity index is 1.64. The third-order valence-corrected chi connectivity index (χ3v) is 6.46. The summed E-state index contributed by atoms with van der Waals surface area (Å²) in [4.78, 5) is 32.9. The average molecular weight is 505 g/mol. The van der Waals surface area contributed by atoms with E-state index in [0.29, 0.717) is 22.3 Å². The molecule has 36 heavy (non-hydrogen) atoms. The van der Waals surface area contributed by atoms with Gasteiger partial charge in [0.15, 0.2) is 0 Å². The first kappa shape index (κ1) is 25.0. The van der Waals surface area contributed by atoms with Crippen molar-refractivity contribution in [3.05, 3.63) is 77.1 Å². The second kappa shape index (κ2) is 11.1. The van der Waals surface area contributed by atoms with Gasteiger partial charge in [0.2, 0.25) is 11.9 Å². The van der Waals surface area contributed by atoms with Crippen LogP contribution in [0.2, 0.25) is 0 Å². The number of hydrogen-bond acceptors (Lipinski definition) is 6. The Morgan fingerprint density at radius 3 is 2.42 bits per heavy atom. The lowest BCUT2D eigenvalue weighted by Gasteiger charge is -2.25. The summed E-state index contributed by atoms with van der Waals surface area (Å²) in [5, 5.41) is 4.75. The van der Waals surface area contributed by atoms with Gasteiger partial charge in [0, 0.05) is 23.5 Å². The van der Waals surface area contributed by atoms with Crippen LogP contribution in [0.3, 0.4) is 0 Å². The van der Waals surface area contributed by atoms with Gasteiger partial charge in [0.05, 0.1) is 24.8 Å². The first-order chi connectivity index (χ1) is 17.4. The minimum Gasteiger partial charge on any atom is -0.497 e. The Morgan fingerprint density at radius 2 is 1.78 bits per heavy atom. The fourth-order valence-electron chi connectivity index (χ4n) is 3.68. The van der Waals surface area contributed by atoms with Gasteiger partial charge in [-0.25, -0.2) is 4.98 Å². The molecule has 0 unspecified atom stereocenters. The zero-order chi connectivity index (χ0) is 25.7. The molecule has 2 heterocycles. The average Bonchev–Trinajstić information content (AvgIpc) is 3.58. The van der Waals surface area contributed by atoms with Crippen molar-refractivity contribution in [2.24, 2.45) is 0 Å². The van der Waals surface area contributed by atoms with Gasteiger partial charge in [-0.2, -0.15) is 0 Å². The van der Waals surface area contributed by atoms with Crippen molar-refractivity contribution in [1.82, 2.24) is 14.5 Å². The van der Waals surface area contributed by atoms with Gasteiger partial charge in [-0.3, -0.25) is 19.5 Å².